The zero-order chi connectivity index (χ0) is 34.4. The van der Waals surface area contributed by atoms with Gasteiger partial charge in [-0.2, -0.15) is 10.2 Å². The molecule has 2 saturated heterocycles. The molecule has 2 amide bonds. The van der Waals surface area contributed by atoms with Gasteiger partial charge in [-0.3, -0.25) is 14.3 Å². The number of aromatic nitrogens is 6. The van der Waals surface area contributed by atoms with E-state index in [1.165, 1.54) is 26.5 Å². The number of nitrogens with one attached hydrogen (secondary N) is 1. The molecule has 5 heterocycles. The van der Waals surface area contributed by atoms with Crippen molar-refractivity contribution in [1.82, 2.24) is 39.6 Å². The number of nitrogens with zero attached hydrogens (tertiary/aromatic N) is 7. The summed E-state index contributed by atoms with van der Waals surface area (Å²) in [4.78, 5) is 37.7. The number of aryl methyl sites for hydroxylation is 1. The number of hydrogen-bond acceptors (Lipinski definition) is 8. The molecule has 3 aliphatic rings. The number of fused-ring (bicyclic) bond motifs is 1. The molecule has 1 N–H and O–H groups in total. The molecular weight excluding hydrogens is 633 g/mol. The van der Waals surface area contributed by atoms with Crippen LogP contribution in [0.15, 0.2) is 24.7 Å². The molecule has 2 aliphatic heterocycles. The summed E-state index contributed by atoms with van der Waals surface area (Å²) in [6.45, 7) is -0.718. The summed E-state index contributed by atoms with van der Waals surface area (Å²) in [6, 6.07) is 0.0420. The average Bonchev–Trinajstić information content (AvgIpc) is 3.64. The molecule has 2 unspecified atom stereocenters. The quantitative estimate of drug-likeness (QED) is 0.286. The predicted octanol–water partition coefficient (Wildman–Crippen LogP) is 2.13. The number of likely N-dealkylation sites (tertiary alicyclic amines) is 1. The van der Waals surface area contributed by atoms with Gasteiger partial charge in [0.1, 0.15) is 18.4 Å². The van der Waals surface area contributed by atoms with Gasteiger partial charge in [0.05, 0.1) is 65.5 Å². The Balaban J connectivity index is 1.30. The van der Waals surface area contributed by atoms with E-state index in [9.17, 15) is 27.2 Å². The number of rotatable bonds is 8. The largest absolute Gasteiger partial charge is 0.399 e. The van der Waals surface area contributed by atoms with Crippen LogP contribution in [-0.4, -0.2) is 112 Å². The lowest BCUT2D eigenvalue weighted by Crippen LogP contribution is -2.51. The van der Waals surface area contributed by atoms with E-state index in [-0.39, 0.29) is 62.5 Å². The molecule has 3 aromatic heterocycles. The Morgan fingerprint density at radius 3 is 2.44 bits per heavy atom. The molecule has 1 aliphatic carbocycles. The molecule has 1 saturated carbocycles. The van der Waals surface area contributed by atoms with E-state index in [1.807, 2.05) is 0 Å². The fraction of sp³-hybridized carbons (Fsp3) is 0.655. The van der Waals surface area contributed by atoms with Crippen LogP contribution in [0.4, 0.5) is 17.6 Å². The van der Waals surface area contributed by atoms with Crippen molar-refractivity contribution in [2.24, 2.45) is 13.0 Å². The van der Waals surface area contributed by atoms with Gasteiger partial charge in [-0.05, 0) is 49.4 Å². The highest BCUT2D eigenvalue weighted by Gasteiger charge is 2.44. The van der Waals surface area contributed by atoms with Crippen molar-refractivity contribution in [3.8, 4) is 0 Å². The number of imidazole rings is 1. The minimum atomic E-state index is -3.01. The number of halogens is 4. The number of carbonyl (C=O) groups excluding carboxylic acids is 2. The number of amides is 2. The van der Waals surface area contributed by atoms with Crippen molar-refractivity contribution in [2.45, 2.75) is 92.8 Å². The van der Waals surface area contributed by atoms with Crippen LogP contribution in [0.5, 0.6) is 0 Å². The predicted molar refractivity (Wildman–Crippen MR) is 164 cm³/mol. The van der Waals surface area contributed by atoms with Gasteiger partial charge < -0.3 is 19.7 Å². The second kappa shape index (κ2) is 13.1. The monoisotopic (exact) mass is 666 g/mol. The standard InChI is InChI=1S/C29H33B3F4N8O4/c1-42-20(5-10-37-42)24(45)41-23(16-2-7-27(33,34)8-3-16)19-14-44-26(40-19)39-18(13-38-44)21-12-17(48-29(30,31)32)6-11-43(21)25(46)22-4-9-28(35,36)15-47-22/h5,10,13-14,16-17,21-23H,2-4,6-9,11-12,15H2,1H3,(H,41,45)/t17-,21+,22?,23?/m0/s1. The van der Waals surface area contributed by atoms with Crippen LogP contribution >= 0.6 is 0 Å². The minimum Gasteiger partial charge on any atom is -0.399 e. The summed E-state index contributed by atoms with van der Waals surface area (Å²) in [5.41, 5.74) is 0.961. The third-order valence-corrected chi connectivity index (χ3v) is 9.22. The fourth-order valence-electron chi connectivity index (χ4n) is 6.73. The van der Waals surface area contributed by atoms with Crippen molar-refractivity contribution in [3.63, 3.8) is 0 Å². The SMILES string of the molecule is [B]C([B])([B])O[C@H]1CCN(C(=O)C2CCC(F)(F)CO2)[C@@H](c2cnn3cc(C(NC(=O)c4ccnn4C)C4CCC(F)(F)CC4)nc3n2)C1. The summed E-state index contributed by atoms with van der Waals surface area (Å²) in [7, 11) is 18.7. The second-order valence-corrected chi connectivity index (χ2v) is 12.9. The molecule has 19 heteroatoms. The van der Waals surface area contributed by atoms with Crippen LogP contribution in [0.3, 0.4) is 0 Å². The van der Waals surface area contributed by atoms with Crippen molar-refractivity contribution in [3.05, 3.63) is 41.7 Å². The minimum absolute atomic E-state index is 0.123. The third kappa shape index (κ3) is 7.71. The van der Waals surface area contributed by atoms with Gasteiger partial charge >= 0.3 is 0 Å². The van der Waals surface area contributed by atoms with Gasteiger partial charge in [0.2, 0.25) is 5.92 Å². The van der Waals surface area contributed by atoms with E-state index in [0.29, 0.717) is 17.8 Å². The molecule has 3 aromatic rings. The Hall–Kier alpha value is -3.47. The van der Waals surface area contributed by atoms with E-state index >= 15 is 0 Å². The Bertz CT molecular complexity index is 1630. The number of piperidine rings is 1. The zero-order valence-electron chi connectivity index (χ0n) is 26.3. The maximum atomic E-state index is 14.1. The highest BCUT2D eigenvalue weighted by Crippen LogP contribution is 2.42. The number of ether oxygens (including phenoxy) is 2. The topological polar surface area (TPSA) is 129 Å². The van der Waals surface area contributed by atoms with Gasteiger partial charge in [0.25, 0.3) is 23.5 Å². The zero-order valence-corrected chi connectivity index (χ0v) is 26.3. The van der Waals surface area contributed by atoms with E-state index in [1.54, 1.807) is 19.3 Å². The third-order valence-electron chi connectivity index (χ3n) is 9.22. The lowest BCUT2D eigenvalue weighted by Gasteiger charge is -2.43. The molecule has 6 rings (SSSR count). The van der Waals surface area contributed by atoms with Crippen LogP contribution in [0.2, 0.25) is 0 Å². The van der Waals surface area contributed by atoms with Gasteiger partial charge in [-0.25, -0.2) is 32.0 Å². The Kier molecular flexibility index (Phi) is 9.39. The lowest BCUT2D eigenvalue weighted by atomic mass is 9.52. The van der Waals surface area contributed by atoms with Crippen LogP contribution in [0.1, 0.15) is 85.3 Å². The van der Waals surface area contributed by atoms with Crippen LogP contribution in [0, 0.1) is 5.92 Å². The van der Waals surface area contributed by atoms with E-state index < -0.39 is 66.3 Å². The summed E-state index contributed by atoms with van der Waals surface area (Å²) >= 11 is 0. The Labute approximate surface area is 277 Å². The van der Waals surface area contributed by atoms with Gasteiger partial charge in [-0.15, -0.1) is 0 Å². The van der Waals surface area contributed by atoms with Gasteiger partial charge in [0.15, 0.2) is 0 Å². The second-order valence-electron chi connectivity index (χ2n) is 12.9. The maximum absolute atomic E-state index is 14.1. The Morgan fingerprint density at radius 2 is 1.79 bits per heavy atom. The molecule has 48 heavy (non-hydrogen) atoms. The summed E-state index contributed by atoms with van der Waals surface area (Å²) in [6.07, 6.45) is 2.33. The Morgan fingerprint density at radius 1 is 1.06 bits per heavy atom. The highest BCUT2D eigenvalue weighted by atomic mass is 19.3. The first-order valence-electron chi connectivity index (χ1n) is 15.8. The first-order valence-corrected chi connectivity index (χ1v) is 15.8. The molecule has 6 radical (unpaired) electrons. The van der Waals surface area contributed by atoms with Gasteiger partial charge in [-0.1, -0.05) is 0 Å². The molecule has 250 valence electrons. The van der Waals surface area contributed by atoms with E-state index in [4.69, 9.17) is 33.0 Å². The normalized spacial score (nSPS) is 25.5. The van der Waals surface area contributed by atoms with Crippen molar-refractivity contribution in [2.75, 3.05) is 13.2 Å². The van der Waals surface area contributed by atoms with Crippen molar-refractivity contribution >= 4 is 41.1 Å². The molecule has 12 nitrogen and oxygen atoms in total. The van der Waals surface area contributed by atoms with Crippen molar-refractivity contribution < 1.29 is 36.6 Å². The van der Waals surface area contributed by atoms with Crippen LogP contribution in [-0.2, 0) is 21.3 Å². The summed E-state index contributed by atoms with van der Waals surface area (Å²) < 4.78 is 69.4. The number of hydrogen-bond donors (Lipinski definition) is 1. The van der Waals surface area contributed by atoms with Gasteiger partial charge in [0, 0.05) is 39.1 Å². The summed E-state index contributed by atoms with van der Waals surface area (Å²) in [5, 5.41) is 9.51. The van der Waals surface area contributed by atoms with Crippen LogP contribution < -0.4 is 5.32 Å². The number of alkyl halides is 4. The smallest absolute Gasteiger partial charge is 0.271 e. The van der Waals surface area contributed by atoms with Crippen LogP contribution in [0.25, 0.3) is 5.78 Å². The molecule has 0 spiro atoms. The fourth-order valence-corrected chi connectivity index (χ4v) is 6.73. The molecule has 0 aromatic carbocycles. The molecule has 4 atom stereocenters. The first-order chi connectivity index (χ1) is 22.6. The van der Waals surface area contributed by atoms with E-state index in [0.717, 1.165) is 0 Å². The number of carbonyl (C=O) groups is 2. The van der Waals surface area contributed by atoms with E-state index in [2.05, 4.69) is 25.5 Å². The maximum Gasteiger partial charge on any atom is 0.271 e. The van der Waals surface area contributed by atoms with Crippen molar-refractivity contribution in [1.29, 1.82) is 0 Å². The molecular formula is C29H33B3F4N8O4. The highest BCUT2D eigenvalue weighted by molar-refractivity contribution is 6.58. The molecule has 0 bridgehead atoms. The first kappa shape index (κ1) is 34.4. The lowest BCUT2D eigenvalue weighted by molar-refractivity contribution is -0.174. The average molecular weight is 666 g/mol. The summed E-state index contributed by atoms with van der Waals surface area (Å²) in [5.74, 6) is -6.94. The molecule has 3 fully saturated rings.